The number of nitrogens with zero attached hydrogens (tertiary/aromatic N) is 1. The van der Waals surface area contributed by atoms with E-state index in [1.54, 1.807) is 6.20 Å². The van der Waals surface area contributed by atoms with Gasteiger partial charge in [0.25, 0.3) is 5.19 Å². The quantitative estimate of drug-likeness (QED) is 0.788. The van der Waals surface area contributed by atoms with Gasteiger partial charge in [0.2, 0.25) is 0 Å². The Morgan fingerprint density at radius 1 is 1.46 bits per heavy atom. The summed E-state index contributed by atoms with van der Waals surface area (Å²) in [6, 6.07) is 0.192. The fourth-order valence-electron chi connectivity index (χ4n) is 1.67. The predicted octanol–water partition coefficient (Wildman–Crippen LogP) is 1.79. The number of ether oxygens (including phenoxy) is 1. The van der Waals surface area contributed by atoms with Gasteiger partial charge in [-0.25, -0.2) is 4.98 Å². The van der Waals surface area contributed by atoms with Crippen LogP contribution in [0.5, 0.6) is 5.19 Å². The lowest BCUT2D eigenvalue weighted by Crippen LogP contribution is -2.41. The normalized spacial score (nSPS) is 28.7. The average Bonchev–Trinajstić information content (AvgIpc) is 2.61. The van der Waals surface area contributed by atoms with Crippen LogP contribution in [0, 0.1) is 0 Å². The maximum atomic E-state index is 5.95. The maximum absolute atomic E-state index is 5.95. The smallest absolute Gasteiger partial charge is 0.273 e. The molecule has 0 aromatic carbocycles. The van der Waals surface area contributed by atoms with Gasteiger partial charge in [0, 0.05) is 17.6 Å². The van der Waals surface area contributed by atoms with E-state index in [1.807, 2.05) is 5.38 Å². The number of nitrogens with two attached hydrogens (primary N) is 1. The molecule has 1 aliphatic rings. The van der Waals surface area contributed by atoms with Gasteiger partial charge in [-0.1, -0.05) is 17.8 Å². The van der Waals surface area contributed by atoms with Crippen LogP contribution in [-0.2, 0) is 0 Å². The fourth-order valence-corrected chi connectivity index (χ4v) is 2.21. The zero-order chi connectivity index (χ0) is 9.10. The van der Waals surface area contributed by atoms with Gasteiger partial charge in [-0.3, -0.25) is 0 Å². The Kier molecular flexibility index (Phi) is 2.80. The van der Waals surface area contributed by atoms with Crippen LogP contribution in [0.15, 0.2) is 11.6 Å². The molecule has 1 aromatic heterocycles. The second-order valence-corrected chi connectivity index (χ2v) is 4.26. The van der Waals surface area contributed by atoms with Crippen LogP contribution >= 0.6 is 11.3 Å². The molecule has 3 nitrogen and oxygen atoms in total. The van der Waals surface area contributed by atoms with Crippen molar-refractivity contribution in [1.82, 2.24) is 4.98 Å². The lowest BCUT2D eigenvalue weighted by Gasteiger charge is -2.27. The van der Waals surface area contributed by atoms with Crippen LogP contribution in [0.3, 0.4) is 0 Å². The highest BCUT2D eigenvalue weighted by Crippen LogP contribution is 2.23. The van der Waals surface area contributed by atoms with Gasteiger partial charge >= 0.3 is 0 Å². The first-order valence-electron chi connectivity index (χ1n) is 4.68. The average molecular weight is 198 g/mol. The summed E-state index contributed by atoms with van der Waals surface area (Å²) in [6.07, 6.45) is 6.55. The Labute approximate surface area is 81.9 Å². The van der Waals surface area contributed by atoms with Crippen LogP contribution in [0.2, 0.25) is 0 Å². The molecule has 0 aliphatic heterocycles. The number of hydrogen-bond acceptors (Lipinski definition) is 4. The molecule has 1 aliphatic carbocycles. The molecule has 1 fully saturated rings. The molecule has 72 valence electrons. The third-order valence-corrected chi connectivity index (χ3v) is 3.08. The zero-order valence-electron chi connectivity index (χ0n) is 7.48. The molecule has 2 atom stereocenters. The number of hydrogen-bond donors (Lipinski definition) is 1. The molecule has 0 radical (unpaired) electrons. The summed E-state index contributed by atoms with van der Waals surface area (Å²) >= 11 is 1.53. The van der Waals surface area contributed by atoms with E-state index in [0.29, 0.717) is 0 Å². The number of rotatable bonds is 2. The van der Waals surface area contributed by atoms with Gasteiger partial charge in [-0.2, -0.15) is 0 Å². The van der Waals surface area contributed by atoms with Gasteiger partial charge in [0.1, 0.15) is 6.10 Å². The van der Waals surface area contributed by atoms with E-state index < -0.39 is 0 Å². The van der Waals surface area contributed by atoms with Crippen LogP contribution in [0.1, 0.15) is 25.7 Å². The lowest BCUT2D eigenvalue weighted by molar-refractivity contribution is 0.132. The topological polar surface area (TPSA) is 48.1 Å². The molecular formula is C9H14N2OS. The van der Waals surface area contributed by atoms with E-state index in [2.05, 4.69) is 4.98 Å². The van der Waals surface area contributed by atoms with Crippen molar-refractivity contribution < 1.29 is 4.74 Å². The molecule has 13 heavy (non-hydrogen) atoms. The summed E-state index contributed by atoms with van der Waals surface area (Å²) in [5.74, 6) is 0. The Bertz CT molecular complexity index is 250. The molecule has 0 amide bonds. The Morgan fingerprint density at radius 2 is 2.31 bits per heavy atom. The molecule has 0 bridgehead atoms. The summed E-state index contributed by atoms with van der Waals surface area (Å²) < 4.78 is 5.69. The van der Waals surface area contributed by atoms with Crippen molar-refractivity contribution in [3.05, 3.63) is 11.6 Å². The van der Waals surface area contributed by atoms with Crippen molar-refractivity contribution in [2.45, 2.75) is 37.8 Å². The van der Waals surface area contributed by atoms with Crippen LogP contribution in [0.25, 0.3) is 0 Å². The molecule has 1 heterocycles. The first kappa shape index (κ1) is 8.97. The predicted molar refractivity (Wildman–Crippen MR) is 53.0 cm³/mol. The molecule has 1 aromatic rings. The maximum Gasteiger partial charge on any atom is 0.273 e. The first-order valence-corrected chi connectivity index (χ1v) is 5.56. The number of aromatic nitrogens is 1. The zero-order valence-corrected chi connectivity index (χ0v) is 8.30. The third kappa shape index (κ3) is 2.19. The van der Waals surface area contributed by atoms with Gasteiger partial charge in [0.15, 0.2) is 0 Å². The van der Waals surface area contributed by atoms with Crippen molar-refractivity contribution in [2.75, 3.05) is 0 Å². The summed E-state index contributed by atoms with van der Waals surface area (Å²) in [5, 5.41) is 2.67. The van der Waals surface area contributed by atoms with Crippen molar-refractivity contribution >= 4 is 11.3 Å². The Hall–Kier alpha value is -0.610. The number of thiazole rings is 1. The van der Waals surface area contributed by atoms with Crippen molar-refractivity contribution in [2.24, 2.45) is 5.73 Å². The monoisotopic (exact) mass is 198 g/mol. The van der Waals surface area contributed by atoms with Gasteiger partial charge < -0.3 is 10.5 Å². The highest BCUT2D eigenvalue weighted by atomic mass is 32.1. The van der Waals surface area contributed by atoms with E-state index in [1.165, 1.54) is 24.2 Å². The first-order chi connectivity index (χ1) is 6.36. The summed E-state index contributed by atoms with van der Waals surface area (Å²) in [4.78, 5) is 4.09. The van der Waals surface area contributed by atoms with Gasteiger partial charge in [0.05, 0.1) is 0 Å². The fraction of sp³-hybridized carbons (Fsp3) is 0.667. The molecular weight excluding hydrogens is 184 g/mol. The SMILES string of the molecule is N[C@@H]1CCCC[C@H]1Oc1nccs1. The lowest BCUT2D eigenvalue weighted by atomic mass is 9.93. The Balaban J connectivity index is 1.93. The molecule has 0 unspecified atom stereocenters. The molecule has 0 spiro atoms. The summed E-state index contributed by atoms with van der Waals surface area (Å²) in [5.41, 5.74) is 5.95. The minimum absolute atomic E-state index is 0.180. The van der Waals surface area contributed by atoms with Crippen molar-refractivity contribution in [3.63, 3.8) is 0 Å². The second-order valence-electron chi connectivity index (χ2n) is 3.40. The van der Waals surface area contributed by atoms with E-state index in [9.17, 15) is 0 Å². The summed E-state index contributed by atoms with van der Waals surface area (Å²) in [7, 11) is 0. The highest BCUT2D eigenvalue weighted by molar-refractivity contribution is 7.11. The second kappa shape index (κ2) is 4.07. The van der Waals surface area contributed by atoms with Gasteiger partial charge in [-0.15, -0.1) is 0 Å². The van der Waals surface area contributed by atoms with E-state index in [0.717, 1.165) is 18.0 Å². The molecule has 1 saturated carbocycles. The standard InChI is InChI=1S/C9H14N2OS/c10-7-3-1-2-4-8(7)12-9-11-5-6-13-9/h5-8H,1-4,10H2/t7-,8-/m1/s1. The van der Waals surface area contributed by atoms with Crippen molar-refractivity contribution in [1.29, 1.82) is 0 Å². The van der Waals surface area contributed by atoms with Crippen molar-refractivity contribution in [3.8, 4) is 5.19 Å². The minimum atomic E-state index is 0.180. The Morgan fingerprint density at radius 3 is 3.00 bits per heavy atom. The molecule has 0 saturated heterocycles. The van der Waals surface area contributed by atoms with Crippen LogP contribution < -0.4 is 10.5 Å². The summed E-state index contributed by atoms with van der Waals surface area (Å²) in [6.45, 7) is 0. The van der Waals surface area contributed by atoms with E-state index >= 15 is 0 Å². The minimum Gasteiger partial charge on any atom is -0.465 e. The molecule has 2 N–H and O–H groups in total. The molecule has 2 rings (SSSR count). The van der Waals surface area contributed by atoms with E-state index in [4.69, 9.17) is 10.5 Å². The highest BCUT2D eigenvalue weighted by Gasteiger charge is 2.23. The third-order valence-electron chi connectivity index (χ3n) is 2.42. The van der Waals surface area contributed by atoms with E-state index in [-0.39, 0.29) is 12.1 Å². The van der Waals surface area contributed by atoms with Crippen LogP contribution in [0.4, 0.5) is 0 Å². The van der Waals surface area contributed by atoms with Gasteiger partial charge in [-0.05, 0) is 19.3 Å². The largest absolute Gasteiger partial charge is 0.465 e. The van der Waals surface area contributed by atoms with Crippen LogP contribution in [-0.4, -0.2) is 17.1 Å². The molecule has 4 heteroatoms.